The first-order chi connectivity index (χ1) is 6.75. The lowest BCUT2D eigenvalue weighted by Crippen LogP contribution is -2.44. The molecule has 0 radical (unpaired) electrons. The van der Waals surface area contributed by atoms with Crippen LogP contribution in [0.25, 0.3) is 0 Å². The van der Waals surface area contributed by atoms with Crippen LogP contribution in [0, 0.1) is 0 Å². The first kappa shape index (κ1) is 9.27. The van der Waals surface area contributed by atoms with Gasteiger partial charge in [0.2, 0.25) is 12.4 Å². The van der Waals surface area contributed by atoms with E-state index in [1.807, 2.05) is 12.1 Å². The summed E-state index contributed by atoms with van der Waals surface area (Å²) in [5, 5.41) is 9.09. The molecule has 0 amide bonds. The zero-order valence-electron chi connectivity index (χ0n) is 8.43. The molecule has 76 valence electrons. The molecule has 1 fully saturated rings. The summed E-state index contributed by atoms with van der Waals surface area (Å²) >= 11 is 0. The van der Waals surface area contributed by atoms with Gasteiger partial charge in [0.1, 0.15) is 0 Å². The highest BCUT2D eigenvalue weighted by Gasteiger charge is 2.14. The number of rotatable bonds is 1. The van der Waals surface area contributed by atoms with Crippen LogP contribution in [0.15, 0.2) is 24.5 Å². The molecule has 1 aromatic heterocycles. The molecule has 14 heavy (non-hydrogen) atoms. The van der Waals surface area contributed by atoms with Crippen molar-refractivity contribution in [2.24, 2.45) is 0 Å². The second-order valence-electron chi connectivity index (χ2n) is 3.73. The van der Waals surface area contributed by atoms with E-state index in [1.165, 1.54) is 5.69 Å². The Morgan fingerprint density at radius 2 is 1.71 bits per heavy atom. The van der Waals surface area contributed by atoms with Crippen molar-refractivity contribution in [1.29, 1.82) is 0 Å². The molecule has 1 aliphatic heterocycles. The number of hydrogen-bond donors (Lipinski definition) is 1. The van der Waals surface area contributed by atoms with E-state index in [2.05, 4.69) is 16.8 Å². The van der Waals surface area contributed by atoms with Gasteiger partial charge in [-0.1, -0.05) is 0 Å². The van der Waals surface area contributed by atoms with Crippen molar-refractivity contribution >= 4 is 5.69 Å². The van der Waals surface area contributed by atoms with Gasteiger partial charge >= 0.3 is 0 Å². The summed E-state index contributed by atoms with van der Waals surface area (Å²) in [4.78, 5) is 4.66. The van der Waals surface area contributed by atoms with E-state index in [0.717, 1.165) is 30.9 Å². The highest BCUT2D eigenvalue weighted by atomic mass is 16.5. The Morgan fingerprint density at radius 1 is 1.14 bits per heavy atom. The van der Waals surface area contributed by atoms with Crippen LogP contribution in [-0.2, 0) is 0 Å². The molecule has 1 N–H and O–H groups in total. The molecule has 4 nitrogen and oxygen atoms in total. The monoisotopic (exact) mass is 194 g/mol. The van der Waals surface area contributed by atoms with E-state index < -0.39 is 0 Å². The Labute approximate surface area is 83.9 Å². The van der Waals surface area contributed by atoms with Crippen molar-refractivity contribution in [1.82, 2.24) is 4.90 Å². The highest BCUT2D eigenvalue weighted by molar-refractivity contribution is 5.44. The van der Waals surface area contributed by atoms with Gasteiger partial charge in [0.05, 0.1) is 0 Å². The number of aromatic nitrogens is 1. The Morgan fingerprint density at radius 3 is 2.29 bits per heavy atom. The lowest BCUT2D eigenvalue weighted by atomic mass is 10.3. The molecule has 1 saturated heterocycles. The first-order valence-electron chi connectivity index (χ1n) is 4.90. The predicted molar refractivity (Wildman–Crippen MR) is 53.5 cm³/mol. The third-order valence-electron chi connectivity index (χ3n) is 2.66. The van der Waals surface area contributed by atoms with E-state index in [9.17, 15) is 0 Å². The Kier molecular flexibility index (Phi) is 2.54. The fourth-order valence-electron chi connectivity index (χ4n) is 1.69. The normalized spacial score (nSPS) is 18.5. The summed E-state index contributed by atoms with van der Waals surface area (Å²) in [5.74, 6) is 0. The molecule has 1 aromatic rings. The van der Waals surface area contributed by atoms with Gasteiger partial charge in [-0.15, -0.1) is 0 Å². The second kappa shape index (κ2) is 3.84. The van der Waals surface area contributed by atoms with Crippen LogP contribution >= 0.6 is 0 Å². The highest BCUT2D eigenvalue weighted by Crippen LogP contribution is 2.13. The van der Waals surface area contributed by atoms with Gasteiger partial charge in [-0.2, -0.15) is 0 Å². The minimum atomic E-state index is 1.06. The zero-order valence-corrected chi connectivity index (χ0v) is 8.43. The van der Waals surface area contributed by atoms with Crippen LogP contribution in [0.1, 0.15) is 0 Å². The average molecular weight is 194 g/mol. The van der Waals surface area contributed by atoms with Gasteiger partial charge in [0.25, 0.3) is 0 Å². The molecule has 0 atom stereocenters. The average Bonchev–Trinajstić information content (AvgIpc) is 2.21. The molecule has 0 spiro atoms. The van der Waals surface area contributed by atoms with Crippen molar-refractivity contribution < 1.29 is 9.94 Å². The summed E-state index contributed by atoms with van der Waals surface area (Å²) in [6.45, 7) is 4.33. The molecule has 0 aliphatic carbocycles. The fraction of sp³-hybridized carbons (Fsp3) is 0.500. The van der Waals surface area contributed by atoms with Gasteiger partial charge in [-0.3, -0.25) is 5.21 Å². The van der Waals surface area contributed by atoms with Crippen LogP contribution in [-0.4, -0.2) is 43.3 Å². The number of piperazine rings is 1. The standard InChI is InChI=1S/C10H16N3O/c1-11-6-8-12(9-7-11)10-2-4-13(14)5-3-10/h2-5,14H,6-9H2,1H3/q+1. The van der Waals surface area contributed by atoms with Crippen LogP contribution < -0.4 is 9.63 Å². The summed E-state index contributed by atoms with van der Waals surface area (Å²) in [6.07, 6.45) is 3.32. The largest absolute Gasteiger partial charge is 0.369 e. The minimum absolute atomic E-state index is 1.06. The second-order valence-corrected chi connectivity index (χ2v) is 3.73. The predicted octanol–water partition coefficient (Wildman–Crippen LogP) is -0.0368. The minimum Gasteiger partial charge on any atom is -0.369 e. The molecule has 4 heteroatoms. The van der Waals surface area contributed by atoms with E-state index >= 15 is 0 Å². The smallest absolute Gasteiger partial charge is 0.224 e. The van der Waals surface area contributed by atoms with Gasteiger partial charge in [-0.25, -0.2) is 0 Å². The number of likely N-dealkylation sites (N-methyl/N-ethyl adjacent to an activating group) is 1. The summed E-state index contributed by atoms with van der Waals surface area (Å²) in [5.41, 5.74) is 1.18. The number of hydrogen-bond acceptors (Lipinski definition) is 3. The molecule has 0 unspecified atom stereocenters. The van der Waals surface area contributed by atoms with Gasteiger partial charge in [0, 0.05) is 48.7 Å². The van der Waals surface area contributed by atoms with E-state index in [1.54, 1.807) is 12.4 Å². The van der Waals surface area contributed by atoms with Gasteiger partial charge in [-0.05, 0) is 7.05 Å². The Bertz CT molecular complexity index is 291. The number of anilines is 1. The van der Waals surface area contributed by atoms with E-state index in [4.69, 9.17) is 5.21 Å². The van der Waals surface area contributed by atoms with Crippen LogP contribution in [0.5, 0.6) is 0 Å². The molecular weight excluding hydrogens is 178 g/mol. The fourth-order valence-corrected chi connectivity index (χ4v) is 1.69. The van der Waals surface area contributed by atoms with Crippen molar-refractivity contribution in [2.45, 2.75) is 0 Å². The maximum absolute atomic E-state index is 9.09. The SMILES string of the molecule is CN1CCN(c2cc[n+](O)cc2)CC1. The van der Waals surface area contributed by atoms with Crippen molar-refractivity contribution in [3.63, 3.8) is 0 Å². The Hall–Kier alpha value is -1.29. The van der Waals surface area contributed by atoms with E-state index in [-0.39, 0.29) is 0 Å². The van der Waals surface area contributed by atoms with Crippen molar-refractivity contribution in [3.8, 4) is 0 Å². The van der Waals surface area contributed by atoms with Crippen LogP contribution in [0.3, 0.4) is 0 Å². The molecule has 2 heterocycles. The third kappa shape index (κ3) is 1.96. The summed E-state index contributed by atoms with van der Waals surface area (Å²) in [6, 6.07) is 3.87. The third-order valence-corrected chi connectivity index (χ3v) is 2.66. The first-order valence-corrected chi connectivity index (χ1v) is 4.90. The van der Waals surface area contributed by atoms with Crippen LogP contribution in [0.2, 0.25) is 0 Å². The molecule has 0 bridgehead atoms. The molecule has 0 aromatic carbocycles. The molecule has 1 aliphatic rings. The summed E-state index contributed by atoms with van der Waals surface area (Å²) in [7, 11) is 2.14. The lowest BCUT2D eigenvalue weighted by Gasteiger charge is -2.33. The van der Waals surface area contributed by atoms with Gasteiger partial charge < -0.3 is 9.80 Å². The molecular formula is C10H16N3O+. The lowest BCUT2D eigenvalue weighted by molar-refractivity contribution is -0.904. The zero-order chi connectivity index (χ0) is 9.97. The molecule has 2 rings (SSSR count). The number of nitrogens with zero attached hydrogens (tertiary/aromatic N) is 3. The topological polar surface area (TPSA) is 30.6 Å². The van der Waals surface area contributed by atoms with Crippen molar-refractivity contribution in [3.05, 3.63) is 24.5 Å². The van der Waals surface area contributed by atoms with Crippen molar-refractivity contribution in [2.75, 3.05) is 38.1 Å². The molecule has 0 saturated carbocycles. The quantitative estimate of drug-likeness (QED) is 0.503. The van der Waals surface area contributed by atoms with Gasteiger partial charge in [0.15, 0.2) is 0 Å². The maximum Gasteiger partial charge on any atom is 0.224 e. The van der Waals surface area contributed by atoms with Crippen LogP contribution in [0.4, 0.5) is 5.69 Å². The van der Waals surface area contributed by atoms with E-state index in [0.29, 0.717) is 0 Å². The number of pyridine rings is 1. The summed E-state index contributed by atoms with van der Waals surface area (Å²) < 4.78 is 1.07. The maximum atomic E-state index is 9.09. The Balaban J connectivity index is 2.05.